The zero-order valence-electron chi connectivity index (χ0n) is 24.6. The number of ether oxygens (including phenoxy) is 3. The molecule has 0 aliphatic heterocycles. The second-order valence-electron chi connectivity index (χ2n) is 10.1. The van der Waals surface area contributed by atoms with Crippen LogP contribution in [0.25, 0.3) is 0 Å². The van der Waals surface area contributed by atoms with Gasteiger partial charge < -0.3 is 18.6 Å². The lowest BCUT2D eigenvalue weighted by Crippen LogP contribution is -2.48. The third-order valence-corrected chi connectivity index (χ3v) is 12.4. The summed E-state index contributed by atoms with van der Waals surface area (Å²) in [6.07, 6.45) is 3.03. The number of hydrogen-bond acceptors (Lipinski definition) is 5. The van der Waals surface area contributed by atoms with Crippen LogP contribution in [-0.4, -0.2) is 40.2 Å². The smallest absolute Gasteiger partial charge is 0.333 e. The Bertz CT molecular complexity index is 779. The second-order valence-corrected chi connectivity index (χ2v) is 14.8. The molecule has 1 rings (SSSR count). The summed E-state index contributed by atoms with van der Waals surface area (Å²) in [4.78, 5) is 12.3. The molecule has 0 unspecified atom stereocenters. The first-order valence-electron chi connectivity index (χ1n) is 13.9. The highest BCUT2D eigenvalue weighted by atomic mass is 28.4. The normalized spacial score (nSPS) is 16.7. The van der Waals surface area contributed by atoms with Crippen LogP contribution in [0, 0.1) is 17.8 Å². The summed E-state index contributed by atoms with van der Waals surface area (Å²) in [5.41, 5.74) is 1.71. The monoisotopic (exact) mass is 520 g/mol. The number of benzene rings is 1. The van der Waals surface area contributed by atoms with E-state index in [-0.39, 0.29) is 30.0 Å². The molecule has 0 heterocycles. The number of carbonyl (C=O) groups excluding carboxylic acids is 1. The average Bonchev–Trinajstić information content (AvgIpc) is 2.89. The molecule has 5 nitrogen and oxygen atoms in total. The van der Waals surface area contributed by atoms with Gasteiger partial charge in [-0.2, -0.15) is 0 Å². The van der Waals surface area contributed by atoms with Crippen molar-refractivity contribution in [3.05, 3.63) is 41.5 Å². The Hall–Kier alpha value is -1.63. The molecule has 0 saturated carbocycles. The Morgan fingerprint density at radius 3 is 2.00 bits per heavy atom. The third-order valence-electron chi connectivity index (χ3n) is 7.79. The zero-order valence-corrected chi connectivity index (χ0v) is 25.6. The van der Waals surface area contributed by atoms with Crippen LogP contribution in [0.5, 0.6) is 5.75 Å². The maximum absolute atomic E-state index is 12.3. The molecule has 206 valence electrons. The lowest BCUT2D eigenvalue weighted by Gasteiger charge is -2.42. The van der Waals surface area contributed by atoms with Crippen molar-refractivity contribution in [2.24, 2.45) is 17.8 Å². The van der Waals surface area contributed by atoms with E-state index in [1.54, 1.807) is 7.11 Å². The number of esters is 1. The van der Waals surface area contributed by atoms with Crippen molar-refractivity contribution < 1.29 is 23.4 Å². The van der Waals surface area contributed by atoms with E-state index in [2.05, 4.69) is 48.5 Å². The molecule has 0 saturated heterocycles. The van der Waals surface area contributed by atoms with E-state index < -0.39 is 8.32 Å². The summed E-state index contributed by atoms with van der Waals surface area (Å²) in [6.45, 7) is 20.3. The molecule has 0 aromatic heterocycles. The summed E-state index contributed by atoms with van der Waals surface area (Å²) < 4.78 is 24.3. The van der Waals surface area contributed by atoms with E-state index in [0.717, 1.165) is 35.9 Å². The van der Waals surface area contributed by atoms with Crippen LogP contribution in [0.4, 0.5) is 0 Å². The van der Waals surface area contributed by atoms with E-state index in [0.29, 0.717) is 24.7 Å². The minimum Gasteiger partial charge on any atom is -0.497 e. The number of rotatable bonds is 17. The lowest BCUT2D eigenvalue weighted by molar-refractivity contribution is -0.138. The Labute approximate surface area is 222 Å². The molecule has 1 aromatic carbocycles. The van der Waals surface area contributed by atoms with Crippen molar-refractivity contribution in [1.82, 2.24) is 0 Å². The van der Waals surface area contributed by atoms with Gasteiger partial charge in [-0.15, -0.1) is 0 Å². The zero-order chi connectivity index (χ0) is 27.3. The fourth-order valence-corrected chi connectivity index (χ4v) is 7.97. The van der Waals surface area contributed by atoms with E-state index in [9.17, 15) is 4.79 Å². The van der Waals surface area contributed by atoms with E-state index in [1.165, 1.54) is 0 Å². The quantitative estimate of drug-likeness (QED) is 0.119. The molecule has 0 aliphatic rings. The van der Waals surface area contributed by atoms with Gasteiger partial charge in [-0.1, -0.05) is 73.1 Å². The Morgan fingerprint density at radius 1 is 0.944 bits per heavy atom. The van der Waals surface area contributed by atoms with E-state index in [4.69, 9.17) is 18.6 Å². The van der Waals surface area contributed by atoms with Crippen LogP contribution in [0.15, 0.2) is 35.9 Å². The fraction of sp³-hybridized carbons (Fsp3) is 0.700. The van der Waals surface area contributed by atoms with Crippen LogP contribution < -0.4 is 4.74 Å². The van der Waals surface area contributed by atoms with Crippen LogP contribution >= 0.6 is 0 Å². The first-order valence-corrected chi connectivity index (χ1v) is 16.4. The van der Waals surface area contributed by atoms with Crippen molar-refractivity contribution in [1.29, 1.82) is 0 Å². The molecule has 0 fully saturated rings. The summed E-state index contributed by atoms with van der Waals surface area (Å²) in [5.74, 6) is 1.13. The minimum absolute atomic E-state index is 0.0127. The van der Waals surface area contributed by atoms with Crippen LogP contribution in [0.3, 0.4) is 0 Å². The van der Waals surface area contributed by atoms with Gasteiger partial charge in [0.15, 0.2) is 8.32 Å². The highest BCUT2D eigenvalue weighted by Crippen LogP contribution is 2.34. The van der Waals surface area contributed by atoms with Crippen molar-refractivity contribution in [2.45, 2.75) is 106 Å². The van der Waals surface area contributed by atoms with Gasteiger partial charge >= 0.3 is 5.97 Å². The molecule has 36 heavy (non-hydrogen) atoms. The summed E-state index contributed by atoms with van der Waals surface area (Å²) in [6, 6.07) is 11.4. The van der Waals surface area contributed by atoms with Crippen molar-refractivity contribution in [2.75, 3.05) is 13.7 Å². The second kappa shape index (κ2) is 16.3. The van der Waals surface area contributed by atoms with Gasteiger partial charge in [-0.05, 0) is 55.6 Å². The van der Waals surface area contributed by atoms with Crippen LogP contribution in [0.1, 0.15) is 74.3 Å². The SMILES string of the molecule is CCOC(=O)/C(C)=C/[C@@H](C)[C@H](OCc1ccc(OC)cc1)[C@@H](C)[C@H](O[Si](CC)(CC)CC)[C@@H](C)CC. The molecule has 5 atom stereocenters. The molecule has 0 N–H and O–H groups in total. The standard InChI is InChI=1S/C30H52O5Si/c1-11-22(6)29(35-36(13-3,14-4)15-5)25(9)28(23(7)20-24(8)30(31)33-12-2)34-21-26-16-18-27(32-10)19-17-26/h16-20,22-23,25,28-29H,11-15,21H2,1-10H3/b24-20+/t22-,23+,25+,28-,29+/m0/s1. The first kappa shape index (κ1) is 32.4. The molecular formula is C30H52O5Si. The molecule has 0 amide bonds. The van der Waals surface area contributed by atoms with Gasteiger partial charge in [-0.3, -0.25) is 0 Å². The number of carbonyl (C=O) groups is 1. The number of hydrogen-bond donors (Lipinski definition) is 0. The predicted molar refractivity (Wildman–Crippen MR) is 152 cm³/mol. The molecule has 6 heteroatoms. The van der Waals surface area contributed by atoms with Gasteiger partial charge in [0.1, 0.15) is 5.75 Å². The van der Waals surface area contributed by atoms with Gasteiger partial charge in [-0.25, -0.2) is 4.79 Å². The predicted octanol–water partition coefficient (Wildman–Crippen LogP) is 7.80. The van der Waals surface area contributed by atoms with Crippen molar-refractivity contribution >= 4 is 14.3 Å². The van der Waals surface area contributed by atoms with Gasteiger partial charge in [0.2, 0.25) is 0 Å². The van der Waals surface area contributed by atoms with Crippen LogP contribution in [-0.2, 0) is 25.3 Å². The Kier molecular flexibility index (Phi) is 14.6. The summed E-state index contributed by atoms with van der Waals surface area (Å²) in [5, 5.41) is 0. The number of methoxy groups -OCH3 is 1. The van der Waals surface area contributed by atoms with Gasteiger partial charge in [0.25, 0.3) is 0 Å². The fourth-order valence-electron chi connectivity index (χ4n) is 4.95. The topological polar surface area (TPSA) is 54.0 Å². The average molecular weight is 521 g/mol. The third kappa shape index (κ3) is 9.35. The summed E-state index contributed by atoms with van der Waals surface area (Å²) >= 11 is 0. The highest BCUT2D eigenvalue weighted by Gasteiger charge is 2.39. The van der Waals surface area contributed by atoms with Crippen LogP contribution in [0.2, 0.25) is 18.1 Å². The first-order chi connectivity index (χ1) is 17.1. The minimum atomic E-state index is -1.82. The molecule has 0 aliphatic carbocycles. The Balaban J connectivity index is 3.32. The molecular weight excluding hydrogens is 468 g/mol. The van der Waals surface area contributed by atoms with E-state index >= 15 is 0 Å². The lowest BCUT2D eigenvalue weighted by atomic mass is 9.82. The Morgan fingerprint density at radius 2 is 1.53 bits per heavy atom. The molecule has 1 aromatic rings. The maximum Gasteiger partial charge on any atom is 0.333 e. The summed E-state index contributed by atoms with van der Waals surface area (Å²) in [7, 11) is -0.149. The molecule has 0 radical (unpaired) electrons. The largest absolute Gasteiger partial charge is 0.497 e. The maximum atomic E-state index is 12.3. The molecule has 0 spiro atoms. The highest BCUT2D eigenvalue weighted by molar-refractivity contribution is 6.73. The van der Waals surface area contributed by atoms with E-state index in [1.807, 2.05) is 44.2 Å². The van der Waals surface area contributed by atoms with Gasteiger partial charge in [0.05, 0.1) is 32.5 Å². The van der Waals surface area contributed by atoms with Crippen molar-refractivity contribution in [3.8, 4) is 5.75 Å². The molecule has 0 bridgehead atoms. The van der Waals surface area contributed by atoms with Crippen molar-refractivity contribution in [3.63, 3.8) is 0 Å². The van der Waals surface area contributed by atoms with Gasteiger partial charge in [0, 0.05) is 17.4 Å².